The molecule has 1 heterocycles. The predicted octanol–water partition coefficient (Wildman–Crippen LogP) is 4.36. The van der Waals surface area contributed by atoms with Crippen LogP contribution in [0.1, 0.15) is 25.6 Å². The molecule has 3 rings (SSSR count). The first-order valence-corrected chi connectivity index (χ1v) is 8.85. The Balaban J connectivity index is 1.73. The summed E-state index contributed by atoms with van der Waals surface area (Å²) in [5.41, 5.74) is 2.01. The van der Waals surface area contributed by atoms with Crippen molar-refractivity contribution < 1.29 is 9.84 Å². The van der Waals surface area contributed by atoms with Crippen LogP contribution in [0, 0.1) is 0 Å². The molecule has 4 nitrogen and oxygen atoms in total. The van der Waals surface area contributed by atoms with Gasteiger partial charge < -0.3 is 14.4 Å². The number of nitrogens with zero attached hydrogens (tertiary/aromatic N) is 2. The zero-order valence-corrected chi connectivity index (χ0v) is 15.4. The van der Waals surface area contributed by atoms with Gasteiger partial charge in [0, 0.05) is 10.4 Å². The number of hydrogen-bond donors (Lipinski definition) is 1. The maximum Gasteiger partial charge on any atom is 0.119 e. The number of hydrogen-bond acceptors (Lipinski definition) is 3. The molecule has 0 unspecified atom stereocenters. The van der Waals surface area contributed by atoms with Crippen molar-refractivity contribution in [2.45, 2.75) is 32.4 Å². The van der Waals surface area contributed by atoms with Crippen molar-refractivity contribution in [3.05, 3.63) is 58.8 Å². The van der Waals surface area contributed by atoms with Crippen LogP contribution >= 0.6 is 15.9 Å². The minimum absolute atomic E-state index is 0.242. The van der Waals surface area contributed by atoms with E-state index in [2.05, 4.69) is 34.3 Å². The maximum absolute atomic E-state index is 10.4. The number of rotatable bonds is 6. The van der Waals surface area contributed by atoms with Gasteiger partial charge >= 0.3 is 0 Å². The van der Waals surface area contributed by atoms with E-state index >= 15 is 0 Å². The van der Waals surface area contributed by atoms with Crippen LogP contribution in [-0.2, 0) is 6.54 Å². The Kier molecular flexibility index (Phi) is 5.21. The minimum atomic E-state index is -0.608. The van der Waals surface area contributed by atoms with Crippen LogP contribution < -0.4 is 4.74 Å². The van der Waals surface area contributed by atoms with Crippen molar-refractivity contribution in [3.8, 4) is 5.75 Å². The number of benzene rings is 2. The molecule has 0 aliphatic rings. The molecule has 0 radical (unpaired) electrons. The van der Waals surface area contributed by atoms with E-state index in [0.717, 1.165) is 27.1 Å². The first-order valence-electron chi connectivity index (χ1n) is 8.06. The Hall–Kier alpha value is -1.85. The molecule has 24 heavy (non-hydrogen) atoms. The molecular formula is C19H21BrN2O2. The number of halogens is 1. The fourth-order valence-electron chi connectivity index (χ4n) is 2.71. The molecule has 1 N–H and O–H groups in total. The summed E-state index contributed by atoms with van der Waals surface area (Å²) in [7, 11) is 0. The van der Waals surface area contributed by atoms with Crippen LogP contribution in [0.2, 0.25) is 0 Å². The van der Waals surface area contributed by atoms with Crippen LogP contribution in [0.4, 0.5) is 0 Å². The third-order valence-corrected chi connectivity index (χ3v) is 4.38. The molecular weight excluding hydrogens is 368 g/mol. The molecule has 1 atom stereocenters. The molecule has 0 spiro atoms. The number of imidazole rings is 1. The summed E-state index contributed by atoms with van der Waals surface area (Å²) in [6.07, 6.45) is -0.608. The highest BCUT2D eigenvalue weighted by atomic mass is 79.9. The SMILES string of the molecule is CC(C)c1nc2ccccc2n1C[C@H](O)COc1ccc(Br)cc1. The smallest absolute Gasteiger partial charge is 0.119 e. The van der Waals surface area contributed by atoms with Gasteiger partial charge in [-0.25, -0.2) is 4.98 Å². The number of fused-ring (bicyclic) bond motifs is 1. The summed E-state index contributed by atoms with van der Waals surface area (Å²) in [4.78, 5) is 4.70. The lowest BCUT2D eigenvalue weighted by molar-refractivity contribution is 0.0925. The van der Waals surface area contributed by atoms with Gasteiger partial charge in [0.05, 0.1) is 17.6 Å². The van der Waals surface area contributed by atoms with E-state index in [0.29, 0.717) is 6.54 Å². The van der Waals surface area contributed by atoms with Gasteiger partial charge in [-0.1, -0.05) is 41.9 Å². The first kappa shape index (κ1) is 17.0. The van der Waals surface area contributed by atoms with Crippen molar-refractivity contribution in [1.29, 1.82) is 0 Å². The molecule has 0 saturated carbocycles. The van der Waals surface area contributed by atoms with Gasteiger partial charge in [0.25, 0.3) is 0 Å². The number of para-hydroxylation sites is 2. The van der Waals surface area contributed by atoms with Gasteiger partial charge in [-0.2, -0.15) is 0 Å². The van der Waals surface area contributed by atoms with Gasteiger partial charge in [-0.3, -0.25) is 0 Å². The van der Waals surface area contributed by atoms with E-state index in [4.69, 9.17) is 9.72 Å². The Morgan fingerprint density at radius 2 is 1.83 bits per heavy atom. The second-order valence-corrected chi connectivity index (χ2v) is 7.06. The molecule has 126 valence electrons. The average molecular weight is 389 g/mol. The summed E-state index contributed by atoms with van der Waals surface area (Å²) in [6.45, 7) is 4.93. The number of aromatic nitrogens is 2. The molecule has 0 fully saturated rings. The fraction of sp³-hybridized carbons (Fsp3) is 0.316. The predicted molar refractivity (Wildman–Crippen MR) is 99.5 cm³/mol. The zero-order chi connectivity index (χ0) is 17.1. The highest BCUT2D eigenvalue weighted by Crippen LogP contribution is 2.22. The lowest BCUT2D eigenvalue weighted by atomic mass is 10.2. The van der Waals surface area contributed by atoms with Crippen LogP contribution in [0.25, 0.3) is 11.0 Å². The number of aliphatic hydroxyl groups is 1. The zero-order valence-electron chi connectivity index (χ0n) is 13.8. The molecule has 5 heteroatoms. The molecule has 0 amide bonds. The highest BCUT2D eigenvalue weighted by molar-refractivity contribution is 9.10. The standard InChI is InChI=1S/C19H21BrN2O2/c1-13(2)19-21-17-5-3-4-6-18(17)22(19)11-15(23)12-24-16-9-7-14(20)8-10-16/h3-10,13,15,23H,11-12H2,1-2H3/t15-/m0/s1. The summed E-state index contributed by atoms with van der Waals surface area (Å²) >= 11 is 3.39. The Morgan fingerprint density at radius 1 is 1.12 bits per heavy atom. The maximum atomic E-state index is 10.4. The molecule has 0 aliphatic heterocycles. The molecule has 2 aromatic carbocycles. The molecule has 0 saturated heterocycles. The van der Waals surface area contributed by atoms with Crippen molar-refractivity contribution in [2.24, 2.45) is 0 Å². The highest BCUT2D eigenvalue weighted by Gasteiger charge is 2.16. The van der Waals surface area contributed by atoms with Crippen LogP contribution in [0.3, 0.4) is 0 Å². The second-order valence-electron chi connectivity index (χ2n) is 6.14. The van der Waals surface area contributed by atoms with Crippen LogP contribution in [-0.4, -0.2) is 27.4 Å². The van der Waals surface area contributed by atoms with Gasteiger partial charge in [0.1, 0.15) is 24.3 Å². The fourth-order valence-corrected chi connectivity index (χ4v) is 2.98. The van der Waals surface area contributed by atoms with E-state index in [9.17, 15) is 5.11 Å². The largest absolute Gasteiger partial charge is 0.491 e. The second kappa shape index (κ2) is 7.36. The van der Waals surface area contributed by atoms with Gasteiger partial charge in [-0.15, -0.1) is 0 Å². The lowest BCUT2D eigenvalue weighted by Gasteiger charge is -2.17. The van der Waals surface area contributed by atoms with Crippen LogP contribution in [0.5, 0.6) is 5.75 Å². The molecule has 0 aliphatic carbocycles. The quantitative estimate of drug-likeness (QED) is 0.682. The van der Waals surface area contributed by atoms with E-state index in [1.54, 1.807) is 0 Å². The molecule has 0 bridgehead atoms. The first-order chi connectivity index (χ1) is 11.5. The summed E-state index contributed by atoms with van der Waals surface area (Å²) < 4.78 is 8.77. The van der Waals surface area contributed by atoms with E-state index < -0.39 is 6.10 Å². The van der Waals surface area contributed by atoms with Crippen molar-refractivity contribution in [3.63, 3.8) is 0 Å². The minimum Gasteiger partial charge on any atom is -0.491 e. The Bertz CT molecular complexity index is 812. The average Bonchev–Trinajstić information content (AvgIpc) is 2.93. The third kappa shape index (κ3) is 3.79. The van der Waals surface area contributed by atoms with Crippen molar-refractivity contribution >= 4 is 27.0 Å². The van der Waals surface area contributed by atoms with E-state index in [1.807, 2.05) is 48.5 Å². The summed E-state index contributed by atoms with van der Waals surface area (Å²) in [5.74, 6) is 2.02. The van der Waals surface area contributed by atoms with Gasteiger partial charge in [0.15, 0.2) is 0 Å². The summed E-state index contributed by atoms with van der Waals surface area (Å²) in [6, 6.07) is 15.6. The van der Waals surface area contributed by atoms with Gasteiger partial charge in [-0.05, 0) is 36.4 Å². The van der Waals surface area contributed by atoms with Gasteiger partial charge in [0.2, 0.25) is 0 Å². The summed E-state index contributed by atoms with van der Waals surface area (Å²) in [5, 5.41) is 10.4. The normalized spacial score (nSPS) is 12.7. The van der Waals surface area contributed by atoms with E-state index in [-0.39, 0.29) is 12.5 Å². The number of aliphatic hydroxyl groups excluding tert-OH is 1. The third-order valence-electron chi connectivity index (χ3n) is 3.85. The van der Waals surface area contributed by atoms with Crippen molar-refractivity contribution in [1.82, 2.24) is 9.55 Å². The lowest BCUT2D eigenvalue weighted by Crippen LogP contribution is -2.24. The van der Waals surface area contributed by atoms with E-state index in [1.165, 1.54) is 0 Å². The molecule has 3 aromatic rings. The topological polar surface area (TPSA) is 47.3 Å². The monoisotopic (exact) mass is 388 g/mol. The van der Waals surface area contributed by atoms with Crippen LogP contribution in [0.15, 0.2) is 53.0 Å². The molecule has 1 aromatic heterocycles. The Morgan fingerprint density at radius 3 is 2.54 bits per heavy atom. The van der Waals surface area contributed by atoms with Crippen molar-refractivity contribution in [2.75, 3.05) is 6.61 Å². The number of ether oxygens (including phenoxy) is 1. The Labute approximate surface area is 150 Å².